The lowest BCUT2D eigenvalue weighted by Crippen LogP contribution is -2.41. The van der Waals surface area contributed by atoms with Gasteiger partial charge in [-0.25, -0.2) is 9.78 Å². The van der Waals surface area contributed by atoms with E-state index in [0.717, 1.165) is 17.7 Å². The average Bonchev–Trinajstić information content (AvgIpc) is 3.23. The van der Waals surface area contributed by atoms with E-state index in [-0.39, 0.29) is 23.5 Å². The number of aryl methyl sites for hydroxylation is 1. The minimum absolute atomic E-state index is 0.0226. The van der Waals surface area contributed by atoms with Gasteiger partial charge >= 0.3 is 6.03 Å². The number of nitrogens with one attached hydrogen (secondary N) is 1. The number of carbonyl (C=O) groups excluding carboxylic acids is 1. The number of rotatable bonds is 4. The summed E-state index contributed by atoms with van der Waals surface area (Å²) in [6.07, 6.45) is 4.65. The van der Waals surface area contributed by atoms with E-state index in [4.69, 9.17) is 0 Å². The van der Waals surface area contributed by atoms with Gasteiger partial charge in [0, 0.05) is 36.9 Å². The third-order valence-corrected chi connectivity index (χ3v) is 5.22. The van der Waals surface area contributed by atoms with Crippen molar-refractivity contribution in [2.24, 2.45) is 7.05 Å². The third-order valence-electron chi connectivity index (χ3n) is 4.25. The number of aromatic nitrogens is 2. The van der Waals surface area contributed by atoms with Gasteiger partial charge in [0.25, 0.3) is 5.56 Å². The van der Waals surface area contributed by atoms with Crippen LogP contribution in [0, 0.1) is 0 Å². The molecular formula is C16H20N4O3S. The summed E-state index contributed by atoms with van der Waals surface area (Å²) < 4.78 is 1.37. The number of amides is 2. The van der Waals surface area contributed by atoms with Crippen LogP contribution in [-0.4, -0.2) is 38.2 Å². The molecule has 0 saturated carbocycles. The SMILES string of the molecule is Cn1ccnc(NC(=O)N2CCC[C@@H]2C[C@@H](O)c2cccs2)c1=O. The Kier molecular flexibility index (Phi) is 4.96. The Morgan fingerprint density at radius 1 is 1.58 bits per heavy atom. The molecule has 3 heterocycles. The molecule has 0 aromatic carbocycles. The number of aliphatic hydroxyl groups excluding tert-OH is 1. The van der Waals surface area contributed by atoms with Crippen molar-refractivity contribution >= 4 is 23.2 Å². The van der Waals surface area contributed by atoms with Crippen molar-refractivity contribution in [3.63, 3.8) is 0 Å². The van der Waals surface area contributed by atoms with Gasteiger partial charge in [0.05, 0.1) is 6.10 Å². The predicted octanol–water partition coefficient (Wildman–Crippen LogP) is 1.96. The highest BCUT2D eigenvalue weighted by molar-refractivity contribution is 7.10. The molecule has 2 aromatic rings. The zero-order valence-electron chi connectivity index (χ0n) is 13.4. The molecular weight excluding hydrogens is 328 g/mol. The van der Waals surface area contributed by atoms with Crippen LogP contribution in [0.5, 0.6) is 0 Å². The first-order valence-electron chi connectivity index (χ1n) is 7.87. The van der Waals surface area contributed by atoms with Crippen LogP contribution in [0.2, 0.25) is 0 Å². The molecule has 0 spiro atoms. The lowest BCUT2D eigenvalue weighted by Gasteiger charge is -2.26. The number of likely N-dealkylation sites (tertiary alicyclic amines) is 1. The number of hydrogen-bond acceptors (Lipinski definition) is 5. The summed E-state index contributed by atoms with van der Waals surface area (Å²) in [5.41, 5.74) is -0.347. The number of aliphatic hydroxyl groups is 1. The predicted molar refractivity (Wildman–Crippen MR) is 92.1 cm³/mol. The normalized spacial score (nSPS) is 18.6. The van der Waals surface area contributed by atoms with Crippen molar-refractivity contribution in [2.45, 2.75) is 31.4 Å². The van der Waals surface area contributed by atoms with Gasteiger partial charge in [-0.15, -0.1) is 11.3 Å². The largest absolute Gasteiger partial charge is 0.387 e. The first-order chi connectivity index (χ1) is 11.6. The lowest BCUT2D eigenvalue weighted by atomic mass is 10.1. The maximum Gasteiger partial charge on any atom is 0.323 e. The number of anilines is 1. The lowest BCUT2D eigenvalue weighted by molar-refractivity contribution is 0.132. The Labute approximate surface area is 143 Å². The van der Waals surface area contributed by atoms with Gasteiger partial charge in [-0.1, -0.05) is 6.07 Å². The quantitative estimate of drug-likeness (QED) is 0.884. The van der Waals surface area contributed by atoms with Crippen LogP contribution in [0.15, 0.2) is 34.7 Å². The van der Waals surface area contributed by atoms with Gasteiger partial charge in [-0.2, -0.15) is 0 Å². The van der Waals surface area contributed by atoms with E-state index in [2.05, 4.69) is 10.3 Å². The van der Waals surface area contributed by atoms with Crippen molar-refractivity contribution in [1.29, 1.82) is 0 Å². The van der Waals surface area contributed by atoms with Crippen molar-refractivity contribution in [2.75, 3.05) is 11.9 Å². The van der Waals surface area contributed by atoms with Crippen molar-refractivity contribution in [1.82, 2.24) is 14.5 Å². The zero-order valence-corrected chi connectivity index (χ0v) is 14.2. The van der Waals surface area contributed by atoms with E-state index in [1.165, 1.54) is 28.3 Å². The van der Waals surface area contributed by atoms with Gasteiger partial charge in [0.2, 0.25) is 5.82 Å². The standard InChI is InChI=1S/C16H20N4O3S/c1-19-8-6-17-14(15(19)22)18-16(23)20-7-2-4-11(20)10-12(21)13-5-3-9-24-13/h3,5-6,8-9,11-12,21H,2,4,7,10H2,1H3,(H,17,18,23)/t11-,12-/m1/s1. The molecule has 2 atom stereocenters. The van der Waals surface area contributed by atoms with Crippen LogP contribution in [0.1, 0.15) is 30.2 Å². The van der Waals surface area contributed by atoms with Crippen LogP contribution in [0.25, 0.3) is 0 Å². The first-order valence-corrected chi connectivity index (χ1v) is 8.75. The van der Waals surface area contributed by atoms with Crippen LogP contribution in [0.3, 0.4) is 0 Å². The second kappa shape index (κ2) is 7.14. The molecule has 7 nitrogen and oxygen atoms in total. The van der Waals surface area contributed by atoms with Crippen LogP contribution >= 0.6 is 11.3 Å². The van der Waals surface area contributed by atoms with Gasteiger partial charge < -0.3 is 14.6 Å². The molecule has 24 heavy (non-hydrogen) atoms. The molecule has 3 rings (SSSR count). The fourth-order valence-corrected chi connectivity index (χ4v) is 3.68. The number of thiophene rings is 1. The minimum Gasteiger partial charge on any atom is -0.387 e. The molecule has 2 amide bonds. The summed E-state index contributed by atoms with van der Waals surface area (Å²) in [5, 5.41) is 14.8. The van der Waals surface area contributed by atoms with Crippen molar-refractivity contribution in [3.8, 4) is 0 Å². The Bertz CT molecular complexity index is 759. The van der Waals surface area contributed by atoms with Gasteiger partial charge in [0.15, 0.2) is 0 Å². The van der Waals surface area contributed by atoms with E-state index in [1.807, 2.05) is 17.5 Å². The Hall–Kier alpha value is -2.19. The van der Waals surface area contributed by atoms with Gasteiger partial charge in [-0.05, 0) is 30.7 Å². The van der Waals surface area contributed by atoms with Gasteiger partial charge in [0.1, 0.15) is 0 Å². The van der Waals surface area contributed by atoms with E-state index in [0.29, 0.717) is 13.0 Å². The van der Waals surface area contributed by atoms with Crippen molar-refractivity contribution < 1.29 is 9.90 Å². The zero-order chi connectivity index (χ0) is 17.1. The molecule has 0 bridgehead atoms. The van der Waals surface area contributed by atoms with Crippen LogP contribution < -0.4 is 10.9 Å². The third kappa shape index (κ3) is 3.49. The summed E-state index contributed by atoms with van der Waals surface area (Å²) in [5.74, 6) is 0.0226. The monoisotopic (exact) mass is 348 g/mol. The minimum atomic E-state index is -0.578. The van der Waals surface area contributed by atoms with E-state index in [1.54, 1.807) is 11.9 Å². The highest BCUT2D eigenvalue weighted by Gasteiger charge is 2.31. The molecule has 1 aliphatic heterocycles. The molecule has 8 heteroatoms. The summed E-state index contributed by atoms with van der Waals surface area (Å²) in [7, 11) is 1.61. The highest BCUT2D eigenvalue weighted by Crippen LogP contribution is 2.29. The Morgan fingerprint density at radius 3 is 3.17 bits per heavy atom. The summed E-state index contributed by atoms with van der Waals surface area (Å²) in [6, 6.07) is 3.41. The number of carbonyl (C=O) groups is 1. The molecule has 0 unspecified atom stereocenters. The van der Waals surface area contributed by atoms with Crippen LogP contribution in [0.4, 0.5) is 10.6 Å². The fourth-order valence-electron chi connectivity index (χ4n) is 2.96. The second-order valence-corrected chi connectivity index (χ2v) is 6.86. The molecule has 0 radical (unpaired) electrons. The number of nitrogens with zero attached hydrogens (tertiary/aromatic N) is 3. The first kappa shape index (κ1) is 16.7. The Balaban J connectivity index is 1.67. The number of urea groups is 1. The molecule has 128 valence electrons. The highest BCUT2D eigenvalue weighted by atomic mass is 32.1. The van der Waals surface area contributed by atoms with Crippen LogP contribution in [-0.2, 0) is 7.05 Å². The molecule has 1 aliphatic rings. The topological polar surface area (TPSA) is 87.5 Å². The van der Waals surface area contributed by atoms with E-state index >= 15 is 0 Å². The molecule has 1 fully saturated rings. The molecule has 1 saturated heterocycles. The summed E-state index contributed by atoms with van der Waals surface area (Å²) in [6.45, 7) is 0.612. The smallest absolute Gasteiger partial charge is 0.323 e. The molecule has 0 aliphatic carbocycles. The van der Waals surface area contributed by atoms with Crippen molar-refractivity contribution in [3.05, 3.63) is 45.1 Å². The maximum atomic E-state index is 12.5. The van der Waals surface area contributed by atoms with E-state index in [9.17, 15) is 14.7 Å². The molecule has 2 aromatic heterocycles. The van der Waals surface area contributed by atoms with E-state index < -0.39 is 6.10 Å². The summed E-state index contributed by atoms with van der Waals surface area (Å²) >= 11 is 1.51. The number of hydrogen-bond donors (Lipinski definition) is 2. The molecule has 2 N–H and O–H groups in total. The Morgan fingerprint density at radius 2 is 2.42 bits per heavy atom. The fraction of sp³-hybridized carbons (Fsp3) is 0.438. The summed E-state index contributed by atoms with van der Waals surface area (Å²) in [4.78, 5) is 31.0. The average molecular weight is 348 g/mol. The second-order valence-electron chi connectivity index (χ2n) is 5.88. The van der Waals surface area contributed by atoms with Gasteiger partial charge in [-0.3, -0.25) is 10.1 Å². The maximum absolute atomic E-state index is 12.5.